The fourth-order valence-corrected chi connectivity index (χ4v) is 4.29. The highest BCUT2D eigenvalue weighted by Crippen LogP contribution is 2.36. The maximum atomic E-state index is 6.19. The summed E-state index contributed by atoms with van der Waals surface area (Å²) in [7, 11) is 0. The molecular formula is C29H23NO2. The molecule has 3 heterocycles. The third-order valence-electron chi connectivity index (χ3n) is 6.10. The lowest BCUT2D eigenvalue weighted by Gasteiger charge is -2.18. The van der Waals surface area contributed by atoms with Gasteiger partial charge in [0, 0.05) is 27.3 Å². The van der Waals surface area contributed by atoms with Gasteiger partial charge in [0.05, 0.1) is 5.69 Å². The van der Waals surface area contributed by atoms with Crippen LogP contribution in [0.15, 0.2) is 93.8 Å². The number of furan rings is 2. The molecular weight excluding hydrogens is 394 g/mol. The quantitative estimate of drug-likeness (QED) is 0.284. The Balaban J connectivity index is 1.44. The summed E-state index contributed by atoms with van der Waals surface area (Å²) in [6.45, 7) is 6.66. The van der Waals surface area contributed by atoms with Crippen molar-refractivity contribution in [1.29, 1.82) is 0 Å². The van der Waals surface area contributed by atoms with Crippen LogP contribution >= 0.6 is 0 Å². The number of hydrogen-bond donors (Lipinski definition) is 0. The molecule has 3 heteroatoms. The molecule has 6 aromatic rings. The second kappa shape index (κ2) is 6.83. The van der Waals surface area contributed by atoms with Gasteiger partial charge in [0.1, 0.15) is 16.9 Å². The highest BCUT2D eigenvalue weighted by Gasteiger charge is 2.16. The first kappa shape index (κ1) is 18.9. The van der Waals surface area contributed by atoms with Crippen LogP contribution in [-0.4, -0.2) is 4.98 Å². The van der Waals surface area contributed by atoms with Crippen LogP contribution in [-0.2, 0) is 5.41 Å². The lowest BCUT2D eigenvalue weighted by molar-refractivity contribution is 0.589. The Morgan fingerprint density at radius 1 is 0.719 bits per heavy atom. The molecule has 32 heavy (non-hydrogen) atoms. The molecule has 0 amide bonds. The van der Waals surface area contributed by atoms with Crippen molar-refractivity contribution in [1.82, 2.24) is 4.98 Å². The van der Waals surface area contributed by atoms with E-state index in [0.29, 0.717) is 5.71 Å². The third kappa shape index (κ3) is 3.01. The fraction of sp³-hybridized carbons (Fsp3) is 0.138. The standard InChI is InChI=1S/C29H23NO2/c1-29(2,3)20-14-11-18(12-15-20)26-17-19-13-16-24(30-28(19)32-26)23-9-6-8-22-21-7-4-5-10-25(21)31-27(22)23/h4-17H,1-3H3. The predicted octanol–water partition coefficient (Wildman–Crippen LogP) is 8.36. The van der Waals surface area contributed by atoms with E-state index >= 15 is 0 Å². The average molecular weight is 418 g/mol. The van der Waals surface area contributed by atoms with Crippen molar-refractivity contribution >= 4 is 33.0 Å². The summed E-state index contributed by atoms with van der Waals surface area (Å²) in [5.41, 5.74) is 6.65. The zero-order chi connectivity index (χ0) is 21.9. The molecule has 0 aliphatic carbocycles. The molecule has 6 rings (SSSR count). The lowest BCUT2D eigenvalue weighted by Crippen LogP contribution is -2.10. The number of hydrogen-bond acceptors (Lipinski definition) is 3. The Morgan fingerprint density at radius 2 is 1.50 bits per heavy atom. The van der Waals surface area contributed by atoms with Crippen LogP contribution in [0.4, 0.5) is 0 Å². The Labute approximate surface area is 186 Å². The first-order chi connectivity index (χ1) is 15.5. The second-order valence-corrected chi connectivity index (χ2v) is 9.31. The van der Waals surface area contributed by atoms with Crippen LogP contribution in [0, 0.1) is 0 Å². The molecule has 0 bridgehead atoms. The Bertz CT molecular complexity index is 1590. The van der Waals surface area contributed by atoms with Gasteiger partial charge in [-0.2, -0.15) is 0 Å². The second-order valence-electron chi connectivity index (χ2n) is 9.31. The molecule has 0 saturated carbocycles. The summed E-state index contributed by atoms with van der Waals surface area (Å²) in [6, 6.07) is 29.0. The van der Waals surface area contributed by atoms with E-state index in [9.17, 15) is 0 Å². The van der Waals surface area contributed by atoms with Gasteiger partial charge in [-0.3, -0.25) is 0 Å². The molecule has 0 spiro atoms. The predicted molar refractivity (Wildman–Crippen MR) is 131 cm³/mol. The van der Waals surface area contributed by atoms with Gasteiger partial charge in [-0.05, 0) is 41.3 Å². The van der Waals surface area contributed by atoms with Crippen LogP contribution in [0.1, 0.15) is 26.3 Å². The number of benzene rings is 3. The van der Waals surface area contributed by atoms with Gasteiger partial charge in [0.15, 0.2) is 0 Å². The van der Waals surface area contributed by atoms with Gasteiger partial charge >= 0.3 is 0 Å². The third-order valence-corrected chi connectivity index (χ3v) is 6.10. The van der Waals surface area contributed by atoms with E-state index in [1.807, 2.05) is 30.3 Å². The SMILES string of the molecule is CC(C)(C)c1ccc(-c2cc3ccc(-c4cccc5c4oc4ccccc45)nc3o2)cc1. The number of fused-ring (bicyclic) bond motifs is 4. The average Bonchev–Trinajstić information content (AvgIpc) is 3.39. The van der Waals surface area contributed by atoms with Crippen LogP contribution in [0.2, 0.25) is 0 Å². The number of pyridine rings is 1. The van der Waals surface area contributed by atoms with Crippen LogP contribution in [0.3, 0.4) is 0 Å². The van der Waals surface area contributed by atoms with Gasteiger partial charge in [-0.1, -0.05) is 75.4 Å². The molecule has 0 N–H and O–H groups in total. The molecule has 0 radical (unpaired) electrons. The number of aromatic nitrogens is 1. The lowest BCUT2D eigenvalue weighted by atomic mass is 9.86. The van der Waals surface area contributed by atoms with Crippen molar-refractivity contribution in [2.75, 3.05) is 0 Å². The summed E-state index contributed by atoms with van der Waals surface area (Å²) in [4.78, 5) is 4.84. The van der Waals surface area contributed by atoms with Crippen molar-refractivity contribution in [2.45, 2.75) is 26.2 Å². The summed E-state index contributed by atoms with van der Waals surface area (Å²) >= 11 is 0. The Morgan fingerprint density at radius 3 is 2.31 bits per heavy atom. The monoisotopic (exact) mass is 417 g/mol. The van der Waals surface area contributed by atoms with Crippen molar-refractivity contribution in [3.05, 3.63) is 90.5 Å². The first-order valence-corrected chi connectivity index (χ1v) is 10.9. The minimum atomic E-state index is 0.126. The van der Waals surface area contributed by atoms with Crippen molar-refractivity contribution in [3.63, 3.8) is 0 Å². The zero-order valence-electron chi connectivity index (χ0n) is 18.3. The minimum Gasteiger partial charge on any atom is -0.455 e. The van der Waals surface area contributed by atoms with E-state index in [1.54, 1.807) is 0 Å². The highest BCUT2D eigenvalue weighted by molar-refractivity contribution is 6.09. The van der Waals surface area contributed by atoms with Gasteiger partial charge in [0.25, 0.3) is 0 Å². The van der Waals surface area contributed by atoms with Crippen LogP contribution in [0.25, 0.3) is 55.6 Å². The molecule has 3 aromatic carbocycles. The van der Waals surface area contributed by atoms with Crippen LogP contribution < -0.4 is 0 Å². The maximum Gasteiger partial charge on any atom is 0.227 e. The largest absolute Gasteiger partial charge is 0.455 e. The van der Waals surface area contributed by atoms with Gasteiger partial charge in [-0.15, -0.1) is 0 Å². The topological polar surface area (TPSA) is 39.2 Å². The van der Waals surface area contributed by atoms with E-state index in [0.717, 1.165) is 49.9 Å². The Hall–Kier alpha value is -3.85. The van der Waals surface area contributed by atoms with Gasteiger partial charge in [0.2, 0.25) is 5.71 Å². The van der Waals surface area contributed by atoms with E-state index in [-0.39, 0.29) is 5.41 Å². The zero-order valence-corrected chi connectivity index (χ0v) is 18.3. The molecule has 156 valence electrons. The molecule has 3 nitrogen and oxygen atoms in total. The molecule has 0 atom stereocenters. The fourth-order valence-electron chi connectivity index (χ4n) is 4.29. The summed E-state index contributed by atoms with van der Waals surface area (Å²) in [5.74, 6) is 0.826. The summed E-state index contributed by atoms with van der Waals surface area (Å²) in [6.07, 6.45) is 0. The molecule has 0 fully saturated rings. The van der Waals surface area contributed by atoms with E-state index in [1.165, 1.54) is 5.56 Å². The smallest absolute Gasteiger partial charge is 0.227 e. The molecule has 0 saturated heterocycles. The number of rotatable bonds is 2. The van der Waals surface area contributed by atoms with Gasteiger partial charge in [-0.25, -0.2) is 4.98 Å². The van der Waals surface area contributed by atoms with E-state index in [4.69, 9.17) is 13.8 Å². The summed E-state index contributed by atoms with van der Waals surface area (Å²) < 4.78 is 12.4. The van der Waals surface area contributed by atoms with Crippen molar-refractivity contribution in [2.24, 2.45) is 0 Å². The Kier molecular flexibility index (Phi) is 4.03. The van der Waals surface area contributed by atoms with Gasteiger partial charge < -0.3 is 8.83 Å². The van der Waals surface area contributed by atoms with E-state index in [2.05, 4.69) is 75.4 Å². The number of para-hydroxylation sites is 2. The molecule has 0 unspecified atom stereocenters. The molecule has 0 aliphatic rings. The highest BCUT2D eigenvalue weighted by atomic mass is 16.3. The molecule has 3 aromatic heterocycles. The summed E-state index contributed by atoms with van der Waals surface area (Å²) in [5, 5.41) is 3.20. The number of nitrogens with zero attached hydrogens (tertiary/aromatic N) is 1. The van der Waals surface area contributed by atoms with Crippen molar-refractivity contribution < 1.29 is 8.83 Å². The molecule has 0 aliphatic heterocycles. The minimum absolute atomic E-state index is 0.126. The van der Waals surface area contributed by atoms with E-state index < -0.39 is 0 Å². The normalized spacial score (nSPS) is 12.2. The first-order valence-electron chi connectivity index (χ1n) is 10.9. The maximum absolute atomic E-state index is 6.19. The van der Waals surface area contributed by atoms with Crippen molar-refractivity contribution in [3.8, 4) is 22.6 Å². The van der Waals surface area contributed by atoms with Crippen LogP contribution in [0.5, 0.6) is 0 Å².